The van der Waals surface area contributed by atoms with Crippen LogP contribution in [0.25, 0.3) is 0 Å². The molecular formula is C18H19N3O3S. The smallest absolute Gasteiger partial charge is 0.258 e. The zero-order valence-electron chi connectivity index (χ0n) is 13.9. The summed E-state index contributed by atoms with van der Waals surface area (Å²) in [6.07, 6.45) is 3.54. The standard InChI is InChI=1S/C18H19N3O3S/c1-25-17-15(3-2-8-19-17)16(22)20-14-6-4-13(5-7-14)18(23)21-9-11-24-12-10-21/h2-8H,9-12H2,1H3,(H,20,22). The first-order chi connectivity index (χ1) is 12.2. The van der Waals surface area contributed by atoms with Gasteiger partial charge < -0.3 is 15.0 Å². The van der Waals surface area contributed by atoms with E-state index in [-0.39, 0.29) is 11.8 Å². The maximum atomic E-state index is 12.4. The Morgan fingerprint density at radius 1 is 1.16 bits per heavy atom. The maximum absolute atomic E-state index is 12.4. The number of ether oxygens (including phenoxy) is 1. The van der Waals surface area contributed by atoms with Crippen molar-refractivity contribution in [1.82, 2.24) is 9.88 Å². The fourth-order valence-corrected chi connectivity index (χ4v) is 3.12. The van der Waals surface area contributed by atoms with E-state index in [1.54, 1.807) is 47.5 Å². The highest BCUT2D eigenvalue weighted by Crippen LogP contribution is 2.19. The molecule has 0 bridgehead atoms. The number of pyridine rings is 1. The molecule has 1 aliphatic rings. The summed E-state index contributed by atoms with van der Waals surface area (Å²) in [6.45, 7) is 2.36. The van der Waals surface area contributed by atoms with Gasteiger partial charge in [0.2, 0.25) is 0 Å². The Balaban J connectivity index is 1.68. The summed E-state index contributed by atoms with van der Waals surface area (Å²) in [6, 6.07) is 10.4. The van der Waals surface area contributed by atoms with Gasteiger partial charge >= 0.3 is 0 Å². The summed E-state index contributed by atoms with van der Waals surface area (Å²) in [5.74, 6) is -0.234. The molecule has 0 unspecified atom stereocenters. The van der Waals surface area contributed by atoms with Crippen LogP contribution < -0.4 is 5.32 Å². The molecule has 3 rings (SSSR count). The number of benzene rings is 1. The monoisotopic (exact) mass is 357 g/mol. The fraction of sp³-hybridized carbons (Fsp3) is 0.278. The minimum atomic E-state index is -0.218. The molecule has 1 aromatic carbocycles. The quantitative estimate of drug-likeness (QED) is 0.852. The predicted molar refractivity (Wildman–Crippen MR) is 97.1 cm³/mol. The molecule has 1 saturated heterocycles. The van der Waals surface area contributed by atoms with Crippen LogP contribution >= 0.6 is 11.8 Å². The molecule has 1 aromatic heterocycles. The zero-order valence-corrected chi connectivity index (χ0v) is 14.7. The van der Waals surface area contributed by atoms with E-state index in [9.17, 15) is 9.59 Å². The summed E-state index contributed by atoms with van der Waals surface area (Å²) in [7, 11) is 0. The second kappa shape index (κ2) is 8.13. The first-order valence-electron chi connectivity index (χ1n) is 7.96. The lowest BCUT2D eigenvalue weighted by Gasteiger charge is -2.26. The summed E-state index contributed by atoms with van der Waals surface area (Å²) in [5, 5.41) is 3.52. The van der Waals surface area contributed by atoms with Gasteiger partial charge in [-0.05, 0) is 42.7 Å². The molecule has 0 atom stereocenters. The van der Waals surface area contributed by atoms with Crippen molar-refractivity contribution < 1.29 is 14.3 Å². The lowest BCUT2D eigenvalue weighted by Crippen LogP contribution is -2.40. The number of thioether (sulfide) groups is 1. The van der Waals surface area contributed by atoms with E-state index in [1.165, 1.54) is 11.8 Å². The molecule has 0 saturated carbocycles. The zero-order chi connectivity index (χ0) is 17.6. The number of rotatable bonds is 4. The van der Waals surface area contributed by atoms with Crippen molar-refractivity contribution in [2.75, 3.05) is 37.9 Å². The van der Waals surface area contributed by atoms with Gasteiger partial charge in [0.05, 0.1) is 18.8 Å². The Labute approximate surface area is 150 Å². The Hall–Kier alpha value is -2.38. The molecule has 1 fully saturated rings. The predicted octanol–water partition coefficient (Wildman–Crippen LogP) is 2.53. The van der Waals surface area contributed by atoms with E-state index in [0.29, 0.717) is 48.1 Å². The highest BCUT2D eigenvalue weighted by molar-refractivity contribution is 7.98. The Morgan fingerprint density at radius 2 is 1.88 bits per heavy atom. The van der Waals surface area contributed by atoms with Crippen LogP contribution in [0, 0.1) is 0 Å². The van der Waals surface area contributed by atoms with Crippen molar-refractivity contribution in [3.8, 4) is 0 Å². The van der Waals surface area contributed by atoms with Crippen molar-refractivity contribution in [3.05, 3.63) is 53.7 Å². The lowest BCUT2D eigenvalue weighted by atomic mass is 10.1. The maximum Gasteiger partial charge on any atom is 0.258 e. The van der Waals surface area contributed by atoms with Crippen LogP contribution in [-0.4, -0.2) is 54.3 Å². The highest BCUT2D eigenvalue weighted by atomic mass is 32.2. The van der Waals surface area contributed by atoms with E-state index in [4.69, 9.17) is 4.74 Å². The number of morpholine rings is 1. The third-order valence-electron chi connectivity index (χ3n) is 3.90. The van der Waals surface area contributed by atoms with Gasteiger partial charge in [0.1, 0.15) is 5.03 Å². The molecule has 130 valence electrons. The minimum absolute atomic E-state index is 0.0156. The molecule has 2 heterocycles. The number of carbonyl (C=O) groups is 2. The number of aromatic nitrogens is 1. The van der Waals surface area contributed by atoms with Gasteiger partial charge in [-0.15, -0.1) is 11.8 Å². The van der Waals surface area contributed by atoms with Crippen molar-refractivity contribution in [2.45, 2.75) is 5.03 Å². The van der Waals surface area contributed by atoms with Crippen LogP contribution in [-0.2, 0) is 4.74 Å². The first-order valence-corrected chi connectivity index (χ1v) is 9.19. The van der Waals surface area contributed by atoms with Crippen LogP contribution in [0.15, 0.2) is 47.6 Å². The van der Waals surface area contributed by atoms with Crippen LogP contribution in [0.3, 0.4) is 0 Å². The van der Waals surface area contributed by atoms with Crippen LogP contribution in [0.4, 0.5) is 5.69 Å². The number of hydrogen-bond acceptors (Lipinski definition) is 5. The van der Waals surface area contributed by atoms with E-state index in [0.717, 1.165) is 0 Å². The second-order valence-corrected chi connectivity index (χ2v) is 6.29. The van der Waals surface area contributed by atoms with Crippen molar-refractivity contribution in [3.63, 3.8) is 0 Å². The third kappa shape index (κ3) is 4.18. The summed E-state index contributed by atoms with van der Waals surface area (Å²) in [5.41, 5.74) is 1.77. The van der Waals surface area contributed by atoms with Crippen molar-refractivity contribution in [1.29, 1.82) is 0 Å². The normalized spacial score (nSPS) is 14.2. The van der Waals surface area contributed by atoms with E-state index in [2.05, 4.69) is 10.3 Å². The Morgan fingerprint density at radius 3 is 2.56 bits per heavy atom. The topological polar surface area (TPSA) is 71.5 Å². The van der Waals surface area contributed by atoms with E-state index in [1.807, 2.05) is 6.26 Å². The second-order valence-electron chi connectivity index (χ2n) is 5.50. The van der Waals surface area contributed by atoms with Gasteiger partial charge in [-0.1, -0.05) is 0 Å². The Kier molecular flexibility index (Phi) is 5.67. The average molecular weight is 357 g/mol. The lowest BCUT2D eigenvalue weighted by molar-refractivity contribution is 0.0303. The molecule has 2 amide bonds. The molecule has 0 aliphatic carbocycles. The highest BCUT2D eigenvalue weighted by Gasteiger charge is 2.18. The molecule has 7 heteroatoms. The molecule has 1 N–H and O–H groups in total. The van der Waals surface area contributed by atoms with Crippen LogP contribution in [0.1, 0.15) is 20.7 Å². The van der Waals surface area contributed by atoms with Crippen LogP contribution in [0.2, 0.25) is 0 Å². The van der Waals surface area contributed by atoms with Gasteiger partial charge in [-0.2, -0.15) is 0 Å². The van der Waals surface area contributed by atoms with Gasteiger partial charge in [0.25, 0.3) is 11.8 Å². The number of amides is 2. The SMILES string of the molecule is CSc1ncccc1C(=O)Nc1ccc(C(=O)N2CCOCC2)cc1. The molecule has 1 aliphatic heterocycles. The fourth-order valence-electron chi connectivity index (χ4n) is 2.57. The van der Waals surface area contributed by atoms with Gasteiger partial charge in [0, 0.05) is 30.5 Å². The summed E-state index contributed by atoms with van der Waals surface area (Å²) < 4.78 is 5.26. The largest absolute Gasteiger partial charge is 0.378 e. The number of hydrogen-bond donors (Lipinski definition) is 1. The summed E-state index contributed by atoms with van der Waals surface area (Å²) >= 11 is 1.42. The molecule has 2 aromatic rings. The van der Waals surface area contributed by atoms with E-state index < -0.39 is 0 Å². The van der Waals surface area contributed by atoms with Gasteiger partial charge in [-0.3, -0.25) is 9.59 Å². The number of nitrogens with zero attached hydrogens (tertiary/aromatic N) is 2. The average Bonchev–Trinajstić information content (AvgIpc) is 2.68. The van der Waals surface area contributed by atoms with E-state index >= 15 is 0 Å². The number of anilines is 1. The van der Waals surface area contributed by atoms with Crippen LogP contribution in [0.5, 0.6) is 0 Å². The Bertz CT molecular complexity index is 758. The van der Waals surface area contributed by atoms with Gasteiger partial charge in [0.15, 0.2) is 0 Å². The first kappa shape index (κ1) is 17.4. The number of nitrogens with one attached hydrogen (secondary N) is 1. The molecule has 0 spiro atoms. The molecular weight excluding hydrogens is 338 g/mol. The molecule has 6 nitrogen and oxygen atoms in total. The van der Waals surface area contributed by atoms with Gasteiger partial charge in [-0.25, -0.2) is 4.98 Å². The number of carbonyl (C=O) groups excluding carboxylic acids is 2. The summed E-state index contributed by atoms with van der Waals surface area (Å²) in [4.78, 5) is 30.8. The van der Waals surface area contributed by atoms with Crippen molar-refractivity contribution in [2.24, 2.45) is 0 Å². The third-order valence-corrected chi connectivity index (χ3v) is 4.61. The minimum Gasteiger partial charge on any atom is -0.378 e. The van der Waals surface area contributed by atoms with Crippen molar-refractivity contribution >= 4 is 29.3 Å². The molecule has 25 heavy (non-hydrogen) atoms. The molecule has 0 radical (unpaired) electrons.